The molecule has 1 aliphatic heterocycles. The molecule has 23 heavy (non-hydrogen) atoms. The maximum Gasteiger partial charge on any atom is 0.0268 e. The van der Waals surface area contributed by atoms with Crippen LogP contribution in [0.5, 0.6) is 0 Å². The van der Waals surface area contributed by atoms with Gasteiger partial charge in [-0.3, -0.25) is 0 Å². The van der Waals surface area contributed by atoms with E-state index in [1.165, 1.54) is 41.9 Å². The predicted octanol–water partition coefficient (Wildman–Crippen LogP) is 7.37. The summed E-state index contributed by atoms with van der Waals surface area (Å²) in [7, 11) is 0. The Morgan fingerprint density at radius 2 is 1.48 bits per heavy atom. The first-order chi connectivity index (χ1) is 11.0. The van der Waals surface area contributed by atoms with Crippen LogP contribution in [0.15, 0.2) is 73.7 Å². The van der Waals surface area contributed by atoms with E-state index in [1.807, 2.05) is 23.5 Å². The van der Waals surface area contributed by atoms with Crippen molar-refractivity contribution in [3.63, 3.8) is 0 Å². The topological polar surface area (TPSA) is 0 Å². The second kappa shape index (κ2) is 7.02. The molecule has 1 aliphatic rings. The Kier molecular flexibility index (Phi) is 5.03. The highest BCUT2D eigenvalue weighted by Gasteiger charge is 2.17. The molecule has 0 nitrogen and oxygen atoms in total. The maximum absolute atomic E-state index is 2.34. The molecule has 2 aromatic rings. The molecule has 0 spiro atoms. The minimum absolute atomic E-state index is 1.01. The Labute approximate surface area is 148 Å². The van der Waals surface area contributed by atoms with Gasteiger partial charge in [0.1, 0.15) is 0 Å². The maximum atomic E-state index is 2.34. The second-order valence-corrected chi connectivity index (χ2v) is 8.39. The number of allylic oxidation sites excluding steroid dienone is 4. The largest absolute Gasteiger partial charge is 0.0877 e. The second-order valence-electron chi connectivity index (χ2n) is 6.22. The van der Waals surface area contributed by atoms with Gasteiger partial charge in [-0.05, 0) is 75.1 Å². The Balaban J connectivity index is 1.86. The van der Waals surface area contributed by atoms with Crippen LogP contribution in [-0.2, 0) is 0 Å². The van der Waals surface area contributed by atoms with Gasteiger partial charge in [-0.2, -0.15) is 0 Å². The van der Waals surface area contributed by atoms with Crippen molar-refractivity contribution in [2.75, 3.05) is 0 Å². The van der Waals surface area contributed by atoms with E-state index in [9.17, 15) is 0 Å². The molecule has 0 saturated carbocycles. The quantitative estimate of drug-likeness (QED) is 0.457. The summed E-state index contributed by atoms with van der Waals surface area (Å²) < 4.78 is 0. The average molecular weight is 339 g/mol. The third-order valence-electron chi connectivity index (χ3n) is 3.89. The molecular formula is C21H22S2. The van der Waals surface area contributed by atoms with Gasteiger partial charge in [-0.15, -0.1) is 0 Å². The Morgan fingerprint density at radius 3 is 2.17 bits per heavy atom. The van der Waals surface area contributed by atoms with E-state index in [4.69, 9.17) is 0 Å². The third kappa shape index (κ3) is 3.94. The van der Waals surface area contributed by atoms with Crippen LogP contribution in [0.1, 0.15) is 38.3 Å². The molecule has 3 rings (SSSR count). The van der Waals surface area contributed by atoms with Gasteiger partial charge in [-0.25, -0.2) is 0 Å². The number of benzene rings is 2. The van der Waals surface area contributed by atoms with E-state index >= 15 is 0 Å². The van der Waals surface area contributed by atoms with Gasteiger partial charge in [-0.1, -0.05) is 53.4 Å². The number of hydrogen-bond donors (Lipinski definition) is 0. The molecule has 0 amide bonds. The summed E-state index contributed by atoms with van der Waals surface area (Å²) in [6, 6.07) is 13.6. The van der Waals surface area contributed by atoms with Gasteiger partial charge in [0.05, 0.1) is 0 Å². The summed E-state index contributed by atoms with van der Waals surface area (Å²) in [5.74, 6) is 0. The highest BCUT2D eigenvalue weighted by molar-refractivity contribution is 8.05. The summed E-state index contributed by atoms with van der Waals surface area (Å²) in [6.07, 6.45) is 5.59. The van der Waals surface area contributed by atoms with Crippen molar-refractivity contribution in [1.82, 2.24) is 0 Å². The van der Waals surface area contributed by atoms with Crippen molar-refractivity contribution in [2.24, 2.45) is 0 Å². The van der Waals surface area contributed by atoms with Gasteiger partial charge in [0.15, 0.2) is 0 Å². The van der Waals surface area contributed by atoms with Crippen LogP contribution in [0.25, 0.3) is 5.57 Å². The van der Waals surface area contributed by atoms with Crippen molar-refractivity contribution in [1.29, 1.82) is 0 Å². The van der Waals surface area contributed by atoms with E-state index in [0.29, 0.717) is 0 Å². The summed E-state index contributed by atoms with van der Waals surface area (Å²) in [5, 5.41) is 0. The van der Waals surface area contributed by atoms with Crippen LogP contribution >= 0.6 is 23.5 Å². The molecule has 1 heterocycles. The van der Waals surface area contributed by atoms with Crippen LogP contribution in [0.4, 0.5) is 0 Å². The zero-order valence-corrected chi connectivity index (χ0v) is 15.8. The van der Waals surface area contributed by atoms with E-state index in [-0.39, 0.29) is 0 Å². The first kappa shape index (κ1) is 16.5. The highest BCUT2D eigenvalue weighted by atomic mass is 32.2. The van der Waals surface area contributed by atoms with Crippen LogP contribution < -0.4 is 0 Å². The molecule has 0 fully saturated rings. The molecule has 0 radical (unpaired) electrons. The fourth-order valence-corrected chi connectivity index (χ4v) is 4.86. The number of aryl methyl sites for hydroxylation is 1. The number of hydrogen-bond acceptors (Lipinski definition) is 2. The molecule has 0 aliphatic carbocycles. The van der Waals surface area contributed by atoms with Gasteiger partial charge in [0.25, 0.3) is 0 Å². The van der Waals surface area contributed by atoms with Gasteiger partial charge in [0.2, 0.25) is 0 Å². The summed E-state index contributed by atoms with van der Waals surface area (Å²) in [4.78, 5) is 5.50. The van der Waals surface area contributed by atoms with Gasteiger partial charge in [0, 0.05) is 19.6 Å². The lowest BCUT2D eigenvalue weighted by molar-refractivity contribution is 1.14. The predicted molar refractivity (Wildman–Crippen MR) is 104 cm³/mol. The van der Waals surface area contributed by atoms with Crippen LogP contribution in [-0.4, -0.2) is 0 Å². The fourth-order valence-electron chi connectivity index (χ4n) is 2.52. The molecule has 0 saturated heterocycles. The molecule has 0 unspecified atom stereocenters. The molecule has 118 valence electrons. The van der Waals surface area contributed by atoms with Crippen molar-refractivity contribution >= 4 is 29.1 Å². The minimum atomic E-state index is 1.01. The van der Waals surface area contributed by atoms with Crippen LogP contribution in [0, 0.1) is 6.92 Å². The Bertz CT molecular complexity index is 793. The van der Waals surface area contributed by atoms with E-state index in [1.54, 1.807) is 0 Å². The average Bonchev–Trinajstić information content (AvgIpc) is 2.52. The Hall–Kier alpha value is -1.38. The van der Waals surface area contributed by atoms with E-state index < -0.39 is 0 Å². The zero-order valence-electron chi connectivity index (χ0n) is 14.1. The normalized spacial score (nSPS) is 13.3. The Morgan fingerprint density at radius 1 is 0.826 bits per heavy atom. The van der Waals surface area contributed by atoms with Gasteiger partial charge >= 0.3 is 0 Å². The van der Waals surface area contributed by atoms with Crippen molar-refractivity contribution in [2.45, 2.75) is 53.7 Å². The monoisotopic (exact) mass is 338 g/mol. The third-order valence-corrected chi connectivity index (χ3v) is 6.41. The lowest BCUT2D eigenvalue weighted by Crippen LogP contribution is -1.92. The zero-order chi connectivity index (χ0) is 16.4. The van der Waals surface area contributed by atoms with Crippen molar-refractivity contribution in [3.05, 3.63) is 65.3 Å². The molecule has 2 aromatic carbocycles. The van der Waals surface area contributed by atoms with Crippen molar-refractivity contribution < 1.29 is 0 Å². The fraction of sp³-hybridized carbons (Fsp3) is 0.238. The SMILES string of the molecule is CC(C)=CC/C=C(\C)c1ccc2c(c1)Sc1ccc(C)cc1S2. The van der Waals surface area contributed by atoms with Crippen LogP contribution in [0.3, 0.4) is 0 Å². The first-order valence-electron chi connectivity index (χ1n) is 7.94. The smallest absolute Gasteiger partial charge is 0.0268 e. The van der Waals surface area contributed by atoms with Crippen LogP contribution in [0.2, 0.25) is 0 Å². The standard InChI is InChI=1S/C21H22S2/c1-14(2)6-5-7-16(4)17-9-11-19-21(13-17)23-18-10-8-15(3)12-20(18)22-19/h6-13H,5H2,1-4H3/b16-7+. The van der Waals surface area contributed by atoms with E-state index in [0.717, 1.165) is 6.42 Å². The van der Waals surface area contributed by atoms with Crippen molar-refractivity contribution in [3.8, 4) is 0 Å². The highest BCUT2D eigenvalue weighted by Crippen LogP contribution is 2.49. The number of rotatable bonds is 3. The molecule has 2 heteroatoms. The van der Waals surface area contributed by atoms with Gasteiger partial charge < -0.3 is 0 Å². The molecule has 0 atom stereocenters. The molecule has 0 aromatic heterocycles. The summed E-state index contributed by atoms with van der Waals surface area (Å²) in [5.41, 5.74) is 5.38. The number of fused-ring (bicyclic) bond motifs is 2. The lowest BCUT2D eigenvalue weighted by Gasteiger charge is -2.19. The summed E-state index contributed by atoms with van der Waals surface area (Å²) in [6.45, 7) is 8.66. The summed E-state index contributed by atoms with van der Waals surface area (Å²) >= 11 is 3.78. The van der Waals surface area contributed by atoms with E-state index in [2.05, 4.69) is 76.2 Å². The molecule has 0 N–H and O–H groups in total. The molecular weight excluding hydrogens is 316 g/mol. The first-order valence-corrected chi connectivity index (χ1v) is 9.57. The minimum Gasteiger partial charge on any atom is -0.0877 e. The lowest BCUT2D eigenvalue weighted by atomic mass is 10.1. The molecule has 0 bridgehead atoms.